The highest BCUT2D eigenvalue weighted by Gasteiger charge is 2.56. The Kier molecular flexibility index (Phi) is 3.38. The second-order valence-corrected chi connectivity index (χ2v) is 7.72. The van der Waals surface area contributed by atoms with Gasteiger partial charge in [0.1, 0.15) is 0 Å². The highest BCUT2D eigenvalue weighted by molar-refractivity contribution is 9.10. The summed E-state index contributed by atoms with van der Waals surface area (Å²) in [5, 5.41) is 5.16. The minimum absolute atomic E-state index is 0.187. The lowest BCUT2D eigenvalue weighted by Crippen LogP contribution is -2.25. The molecule has 2 aromatic rings. The fraction of sp³-hybridized carbons (Fsp3) is 0.353. The summed E-state index contributed by atoms with van der Waals surface area (Å²) in [6.45, 7) is 0.634. The maximum atomic E-state index is 12.5. The van der Waals surface area contributed by atoms with Crippen molar-refractivity contribution in [2.75, 3.05) is 0 Å². The molecule has 1 amide bonds. The fourth-order valence-electron chi connectivity index (χ4n) is 3.66. The van der Waals surface area contributed by atoms with Crippen molar-refractivity contribution in [1.29, 1.82) is 0 Å². The summed E-state index contributed by atoms with van der Waals surface area (Å²) in [5.74, 6) is 1.43. The summed E-state index contributed by atoms with van der Waals surface area (Å²) in [7, 11) is 0. The Morgan fingerprint density at radius 1 is 1.33 bits per heavy atom. The molecule has 0 saturated heterocycles. The van der Waals surface area contributed by atoms with E-state index in [-0.39, 0.29) is 11.8 Å². The molecular formula is C17H16BrNOS. The van der Waals surface area contributed by atoms with Gasteiger partial charge in [-0.2, -0.15) is 0 Å². The number of carbonyl (C=O) groups excluding carboxylic acids is 1. The average Bonchev–Trinajstić information content (AvgIpc) is 3.12. The number of thiophene rings is 1. The molecule has 4 heteroatoms. The fourth-order valence-corrected chi connectivity index (χ4v) is 5.09. The normalized spacial score (nSPS) is 25.9. The summed E-state index contributed by atoms with van der Waals surface area (Å²) in [5.41, 5.74) is 2.85. The average molecular weight is 362 g/mol. The van der Waals surface area contributed by atoms with Gasteiger partial charge in [0.25, 0.3) is 0 Å². The topological polar surface area (TPSA) is 29.1 Å². The van der Waals surface area contributed by atoms with E-state index in [9.17, 15) is 4.79 Å². The molecule has 4 rings (SSSR count). The van der Waals surface area contributed by atoms with Gasteiger partial charge in [-0.25, -0.2) is 0 Å². The van der Waals surface area contributed by atoms with Crippen molar-refractivity contribution in [1.82, 2.24) is 5.32 Å². The first kappa shape index (κ1) is 13.5. The molecule has 21 heavy (non-hydrogen) atoms. The van der Waals surface area contributed by atoms with Crippen LogP contribution in [0.3, 0.4) is 0 Å². The monoisotopic (exact) mass is 361 g/mol. The van der Waals surface area contributed by atoms with Gasteiger partial charge in [0.05, 0.1) is 6.54 Å². The number of hydrogen-bond acceptors (Lipinski definition) is 2. The molecule has 1 aromatic carbocycles. The zero-order chi connectivity index (χ0) is 14.4. The highest BCUT2D eigenvalue weighted by Crippen LogP contribution is 2.59. The van der Waals surface area contributed by atoms with Crippen LogP contribution < -0.4 is 5.32 Å². The van der Waals surface area contributed by atoms with Gasteiger partial charge in [-0.05, 0) is 63.2 Å². The van der Waals surface area contributed by atoms with Crippen LogP contribution in [0, 0.1) is 11.8 Å². The quantitative estimate of drug-likeness (QED) is 0.875. The number of hydrogen-bond donors (Lipinski definition) is 1. The second-order valence-electron chi connectivity index (χ2n) is 5.86. The highest BCUT2D eigenvalue weighted by atomic mass is 79.9. The first-order valence-corrected chi connectivity index (χ1v) is 9.00. The van der Waals surface area contributed by atoms with Gasteiger partial charge in [-0.15, -0.1) is 11.3 Å². The second kappa shape index (κ2) is 5.25. The lowest BCUT2D eigenvalue weighted by molar-refractivity contribution is -0.122. The minimum atomic E-state index is 0.187. The minimum Gasteiger partial charge on any atom is -0.351 e. The molecule has 2 nitrogen and oxygen atoms in total. The smallest absolute Gasteiger partial charge is 0.224 e. The SMILES string of the molecule is O=C(NCc1sccc1Br)C1C2CCc3ccccc3C21. The van der Waals surface area contributed by atoms with E-state index >= 15 is 0 Å². The van der Waals surface area contributed by atoms with E-state index in [0.717, 1.165) is 17.3 Å². The molecular weight excluding hydrogens is 346 g/mol. The summed E-state index contributed by atoms with van der Waals surface area (Å²) >= 11 is 5.19. The van der Waals surface area contributed by atoms with Crippen LogP contribution in [0.4, 0.5) is 0 Å². The third kappa shape index (κ3) is 2.34. The van der Waals surface area contributed by atoms with Gasteiger partial charge in [0.15, 0.2) is 0 Å². The predicted molar refractivity (Wildman–Crippen MR) is 88.3 cm³/mol. The van der Waals surface area contributed by atoms with Crippen LogP contribution in [0.15, 0.2) is 40.2 Å². The van der Waals surface area contributed by atoms with Crippen LogP contribution in [-0.2, 0) is 17.8 Å². The standard InChI is InChI=1S/C17H16BrNOS/c18-13-7-8-21-14(13)9-19-17(20)16-12-6-5-10-3-1-2-4-11(10)15(12)16/h1-4,7-8,12,15-16H,5-6,9H2,(H,19,20). The van der Waals surface area contributed by atoms with Crippen LogP contribution in [0.25, 0.3) is 0 Å². The van der Waals surface area contributed by atoms with Crippen molar-refractivity contribution in [3.8, 4) is 0 Å². The molecule has 1 saturated carbocycles. The summed E-state index contributed by atoms with van der Waals surface area (Å²) in [4.78, 5) is 13.7. The number of halogens is 1. The largest absolute Gasteiger partial charge is 0.351 e. The summed E-state index contributed by atoms with van der Waals surface area (Å²) in [6, 6.07) is 10.6. The van der Waals surface area contributed by atoms with Crippen LogP contribution in [-0.4, -0.2) is 5.91 Å². The molecule has 2 aliphatic carbocycles. The Morgan fingerprint density at radius 3 is 3.00 bits per heavy atom. The molecule has 3 unspecified atom stereocenters. The summed E-state index contributed by atoms with van der Waals surface area (Å²) in [6.07, 6.45) is 2.28. The first-order chi connectivity index (χ1) is 10.3. The Morgan fingerprint density at radius 2 is 2.19 bits per heavy atom. The van der Waals surface area contributed by atoms with E-state index in [0.29, 0.717) is 18.4 Å². The molecule has 3 atom stereocenters. The Balaban J connectivity index is 1.45. The number of benzene rings is 1. The van der Waals surface area contributed by atoms with E-state index < -0.39 is 0 Å². The van der Waals surface area contributed by atoms with Crippen LogP contribution in [0.5, 0.6) is 0 Å². The number of amides is 1. The van der Waals surface area contributed by atoms with Gasteiger partial charge in [0, 0.05) is 15.3 Å². The van der Waals surface area contributed by atoms with E-state index in [2.05, 4.69) is 45.5 Å². The van der Waals surface area contributed by atoms with E-state index in [4.69, 9.17) is 0 Å². The van der Waals surface area contributed by atoms with Crippen LogP contribution in [0.2, 0.25) is 0 Å². The van der Waals surface area contributed by atoms with Crippen LogP contribution in [0.1, 0.15) is 28.3 Å². The molecule has 1 aromatic heterocycles. The molecule has 0 radical (unpaired) electrons. The molecule has 2 aliphatic rings. The molecule has 0 aliphatic heterocycles. The molecule has 1 fully saturated rings. The van der Waals surface area contributed by atoms with Gasteiger partial charge in [0.2, 0.25) is 5.91 Å². The molecule has 108 valence electrons. The predicted octanol–water partition coefficient (Wildman–Crippen LogP) is 4.10. The van der Waals surface area contributed by atoms with Crippen molar-refractivity contribution in [3.63, 3.8) is 0 Å². The van der Waals surface area contributed by atoms with Crippen molar-refractivity contribution in [2.24, 2.45) is 11.8 Å². The van der Waals surface area contributed by atoms with Crippen molar-refractivity contribution in [3.05, 3.63) is 56.2 Å². The van der Waals surface area contributed by atoms with E-state index in [1.165, 1.54) is 16.0 Å². The zero-order valence-corrected chi connectivity index (χ0v) is 13.9. The van der Waals surface area contributed by atoms with Gasteiger partial charge in [-0.1, -0.05) is 24.3 Å². The van der Waals surface area contributed by atoms with Crippen molar-refractivity contribution in [2.45, 2.75) is 25.3 Å². The first-order valence-electron chi connectivity index (χ1n) is 7.33. The number of carbonyl (C=O) groups is 1. The third-order valence-electron chi connectivity index (χ3n) is 4.75. The lowest BCUT2D eigenvalue weighted by Gasteiger charge is -2.13. The lowest BCUT2D eigenvalue weighted by atomic mass is 9.92. The molecule has 1 N–H and O–H groups in total. The van der Waals surface area contributed by atoms with Gasteiger partial charge < -0.3 is 5.32 Å². The maximum Gasteiger partial charge on any atom is 0.224 e. The number of fused-ring (bicyclic) bond motifs is 3. The Bertz CT molecular complexity index is 696. The number of rotatable bonds is 3. The van der Waals surface area contributed by atoms with Gasteiger partial charge in [-0.3, -0.25) is 4.79 Å². The van der Waals surface area contributed by atoms with E-state index in [1.807, 2.05) is 11.4 Å². The number of nitrogens with one attached hydrogen (secondary N) is 1. The number of aryl methyl sites for hydroxylation is 1. The maximum absolute atomic E-state index is 12.5. The zero-order valence-electron chi connectivity index (χ0n) is 11.5. The summed E-state index contributed by atoms with van der Waals surface area (Å²) < 4.78 is 1.09. The molecule has 1 heterocycles. The van der Waals surface area contributed by atoms with Crippen LogP contribution >= 0.6 is 27.3 Å². The molecule has 0 bridgehead atoms. The van der Waals surface area contributed by atoms with E-state index in [1.54, 1.807) is 11.3 Å². The van der Waals surface area contributed by atoms with Gasteiger partial charge >= 0.3 is 0 Å². The Hall–Kier alpha value is -1.13. The van der Waals surface area contributed by atoms with Crippen molar-refractivity contribution >= 4 is 33.2 Å². The van der Waals surface area contributed by atoms with Crippen molar-refractivity contribution < 1.29 is 4.79 Å². The Labute approximate surface area is 136 Å². The molecule has 0 spiro atoms. The third-order valence-corrected chi connectivity index (χ3v) is 6.67.